The fourth-order valence-corrected chi connectivity index (χ4v) is 4.16. The number of nitrogens with one attached hydrogen (secondary N) is 2. The molecular formula is C20H22N2O4S. The summed E-state index contributed by atoms with van der Waals surface area (Å²) < 4.78 is 32.3. The first-order chi connectivity index (χ1) is 12.9. The van der Waals surface area contributed by atoms with E-state index in [4.69, 9.17) is 4.74 Å². The maximum Gasteiger partial charge on any atom is 0.251 e. The number of H-pyrrole nitrogens is 1. The van der Waals surface area contributed by atoms with Crippen molar-refractivity contribution in [2.75, 3.05) is 13.7 Å². The summed E-state index contributed by atoms with van der Waals surface area (Å²) in [4.78, 5) is 15.1. The number of fused-ring (bicyclic) bond motifs is 1. The van der Waals surface area contributed by atoms with Crippen molar-refractivity contribution in [1.29, 1.82) is 0 Å². The summed E-state index contributed by atoms with van der Waals surface area (Å²) >= 11 is 0. The lowest BCUT2D eigenvalue weighted by Crippen LogP contribution is -2.29. The van der Waals surface area contributed by atoms with Gasteiger partial charge in [0, 0.05) is 18.2 Å². The van der Waals surface area contributed by atoms with E-state index in [1.165, 1.54) is 0 Å². The average molecular weight is 386 g/mol. The van der Waals surface area contributed by atoms with Crippen LogP contribution >= 0.6 is 0 Å². The number of benzene rings is 2. The molecule has 0 radical (unpaired) electrons. The van der Waals surface area contributed by atoms with E-state index in [2.05, 4.69) is 9.71 Å². The molecule has 0 aliphatic rings. The highest BCUT2D eigenvalue weighted by atomic mass is 32.2. The molecule has 0 aliphatic carbocycles. The van der Waals surface area contributed by atoms with Gasteiger partial charge in [-0.1, -0.05) is 24.3 Å². The lowest BCUT2D eigenvalue weighted by atomic mass is 10.1. The molecule has 0 unspecified atom stereocenters. The number of pyridine rings is 1. The minimum atomic E-state index is -3.47. The van der Waals surface area contributed by atoms with Gasteiger partial charge in [0.2, 0.25) is 10.0 Å². The first-order valence-corrected chi connectivity index (χ1v) is 10.2. The Labute approximate surface area is 158 Å². The second-order valence-corrected chi connectivity index (χ2v) is 8.21. The lowest BCUT2D eigenvalue weighted by Gasteiger charge is -2.09. The molecule has 6 nitrogen and oxygen atoms in total. The first kappa shape index (κ1) is 19.1. The molecule has 27 heavy (non-hydrogen) atoms. The van der Waals surface area contributed by atoms with Gasteiger partial charge in [0.05, 0.1) is 18.4 Å². The largest absolute Gasteiger partial charge is 0.497 e. The number of sulfonamides is 1. The molecule has 0 saturated carbocycles. The fraction of sp³-hybridized carbons (Fsp3) is 0.250. The summed E-state index contributed by atoms with van der Waals surface area (Å²) in [5, 5.41) is 0.869. The van der Waals surface area contributed by atoms with Gasteiger partial charge in [-0.15, -0.1) is 0 Å². The Bertz CT molecular complexity index is 1120. The summed E-state index contributed by atoms with van der Waals surface area (Å²) in [6.45, 7) is 2.05. The first-order valence-electron chi connectivity index (χ1n) is 8.60. The van der Waals surface area contributed by atoms with Gasteiger partial charge >= 0.3 is 0 Å². The predicted octanol–water partition coefficient (Wildman–Crippen LogP) is 2.51. The monoisotopic (exact) mass is 386 g/mol. The smallest absolute Gasteiger partial charge is 0.251 e. The Kier molecular flexibility index (Phi) is 5.62. The third-order valence-corrected chi connectivity index (χ3v) is 5.79. The van der Waals surface area contributed by atoms with E-state index in [0.29, 0.717) is 23.3 Å². The van der Waals surface area contributed by atoms with Gasteiger partial charge < -0.3 is 9.72 Å². The van der Waals surface area contributed by atoms with E-state index in [1.807, 2.05) is 37.3 Å². The standard InChI is InChI=1S/C20H22N2O4S/c1-14-5-3-4-6-17(14)13-27(24,25)21-10-9-16-11-15-7-8-18(26-2)12-19(15)22-20(16)23/h3-8,11-12,21H,9-10,13H2,1-2H3,(H,22,23). The van der Waals surface area contributed by atoms with Crippen LogP contribution in [0.15, 0.2) is 53.3 Å². The Hall–Kier alpha value is -2.64. The van der Waals surface area contributed by atoms with Gasteiger partial charge in [0.25, 0.3) is 5.56 Å². The zero-order chi connectivity index (χ0) is 19.4. The molecule has 0 saturated heterocycles. The zero-order valence-electron chi connectivity index (χ0n) is 15.3. The zero-order valence-corrected chi connectivity index (χ0v) is 16.1. The Morgan fingerprint density at radius 3 is 2.59 bits per heavy atom. The molecule has 3 rings (SSSR count). The van der Waals surface area contributed by atoms with Gasteiger partial charge in [-0.25, -0.2) is 13.1 Å². The quantitative estimate of drug-likeness (QED) is 0.653. The van der Waals surface area contributed by atoms with Crippen LogP contribution < -0.4 is 15.0 Å². The molecule has 7 heteroatoms. The van der Waals surface area contributed by atoms with Crippen molar-refractivity contribution in [3.63, 3.8) is 0 Å². The highest BCUT2D eigenvalue weighted by molar-refractivity contribution is 7.88. The van der Waals surface area contributed by atoms with Crippen LogP contribution in [-0.2, 0) is 22.2 Å². The normalized spacial score (nSPS) is 11.6. The minimum Gasteiger partial charge on any atom is -0.497 e. The van der Waals surface area contributed by atoms with Gasteiger partial charge in [-0.05, 0) is 48.1 Å². The summed E-state index contributed by atoms with van der Waals surface area (Å²) in [5.41, 5.74) is 2.69. The van der Waals surface area contributed by atoms with E-state index >= 15 is 0 Å². The molecule has 3 aromatic rings. The number of aromatic nitrogens is 1. The number of ether oxygens (including phenoxy) is 1. The van der Waals surface area contributed by atoms with E-state index in [0.717, 1.165) is 16.5 Å². The molecule has 0 fully saturated rings. The van der Waals surface area contributed by atoms with Crippen molar-refractivity contribution >= 4 is 20.9 Å². The van der Waals surface area contributed by atoms with Crippen molar-refractivity contribution in [3.8, 4) is 5.75 Å². The molecule has 142 valence electrons. The van der Waals surface area contributed by atoms with Gasteiger partial charge in [-0.2, -0.15) is 0 Å². The number of hydrogen-bond donors (Lipinski definition) is 2. The third-order valence-electron chi connectivity index (χ3n) is 4.45. The van der Waals surface area contributed by atoms with E-state index < -0.39 is 10.0 Å². The van der Waals surface area contributed by atoms with Crippen molar-refractivity contribution in [3.05, 3.63) is 75.6 Å². The Morgan fingerprint density at radius 2 is 1.85 bits per heavy atom. The maximum absolute atomic E-state index is 12.3. The van der Waals surface area contributed by atoms with Crippen LogP contribution in [-0.4, -0.2) is 27.1 Å². The molecule has 2 aromatic carbocycles. The Morgan fingerprint density at radius 1 is 1.07 bits per heavy atom. The van der Waals surface area contributed by atoms with Gasteiger partial charge in [-0.3, -0.25) is 4.79 Å². The third kappa shape index (κ3) is 4.75. The average Bonchev–Trinajstić information content (AvgIpc) is 2.63. The Balaban J connectivity index is 1.68. The molecular weight excluding hydrogens is 364 g/mol. The second-order valence-electron chi connectivity index (χ2n) is 6.41. The molecule has 0 bridgehead atoms. The van der Waals surface area contributed by atoms with E-state index in [-0.39, 0.29) is 17.9 Å². The van der Waals surface area contributed by atoms with Crippen LogP contribution in [0.1, 0.15) is 16.7 Å². The van der Waals surface area contributed by atoms with E-state index in [9.17, 15) is 13.2 Å². The van der Waals surface area contributed by atoms with Crippen LogP contribution in [0.25, 0.3) is 10.9 Å². The fourth-order valence-electron chi connectivity index (χ4n) is 2.91. The summed E-state index contributed by atoms with van der Waals surface area (Å²) in [6, 6.07) is 14.6. The number of hydrogen-bond acceptors (Lipinski definition) is 4. The van der Waals surface area contributed by atoms with Crippen molar-refractivity contribution in [1.82, 2.24) is 9.71 Å². The predicted molar refractivity (Wildman–Crippen MR) is 107 cm³/mol. The SMILES string of the molecule is COc1ccc2cc(CCNS(=O)(=O)Cc3ccccc3C)c(=O)[nH]c2c1. The van der Waals surface area contributed by atoms with Crippen LogP contribution in [0.5, 0.6) is 5.75 Å². The second kappa shape index (κ2) is 7.94. The van der Waals surface area contributed by atoms with Gasteiger partial charge in [0.15, 0.2) is 0 Å². The molecule has 0 atom stereocenters. The van der Waals surface area contributed by atoms with Gasteiger partial charge in [0.1, 0.15) is 5.75 Å². The van der Waals surface area contributed by atoms with Crippen LogP contribution in [0, 0.1) is 6.92 Å². The molecule has 2 N–H and O–H groups in total. The summed E-state index contributed by atoms with van der Waals surface area (Å²) in [7, 11) is -1.90. The molecule has 0 aliphatic heterocycles. The molecule has 0 spiro atoms. The number of rotatable bonds is 7. The summed E-state index contributed by atoms with van der Waals surface area (Å²) in [6.07, 6.45) is 0.310. The van der Waals surface area contributed by atoms with Crippen molar-refractivity contribution in [2.45, 2.75) is 19.1 Å². The lowest BCUT2D eigenvalue weighted by molar-refractivity contribution is 0.415. The summed E-state index contributed by atoms with van der Waals surface area (Å²) in [5.74, 6) is 0.586. The number of aromatic amines is 1. The van der Waals surface area contributed by atoms with E-state index in [1.54, 1.807) is 25.3 Å². The van der Waals surface area contributed by atoms with Crippen molar-refractivity contribution < 1.29 is 13.2 Å². The molecule has 1 aromatic heterocycles. The minimum absolute atomic E-state index is 0.0758. The topological polar surface area (TPSA) is 88.3 Å². The van der Waals surface area contributed by atoms with Crippen LogP contribution in [0.3, 0.4) is 0 Å². The molecule has 1 heterocycles. The van der Waals surface area contributed by atoms with Crippen molar-refractivity contribution in [2.24, 2.45) is 0 Å². The van der Waals surface area contributed by atoms with Crippen LogP contribution in [0.4, 0.5) is 0 Å². The molecule has 0 amide bonds. The number of aryl methyl sites for hydroxylation is 1. The number of methoxy groups -OCH3 is 1. The van der Waals surface area contributed by atoms with Crippen LogP contribution in [0.2, 0.25) is 0 Å². The maximum atomic E-state index is 12.3. The highest BCUT2D eigenvalue weighted by Crippen LogP contribution is 2.18. The highest BCUT2D eigenvalue weighted by Gasteiger charge is 2.13.